The topological polar surface area (TPSA) is 61.7 Å². The van der Waals surface area contributed by atoms with Crippen LogP contribution in [0.1, 0.15) is 27.0 Å². The average Bonchev–Trinajstić information content (AvgIpc) is 2.66. The molecule has 3 rings (SSSR count). The van der Waals surface area contributed by atoms with Crippen LogP contribution in [-0.4, -0.2) is 17.2 Å². The Morgan fingerprint density at radius 1 is 1.11 bits per heavy atom. The van der Waals surface area contributed by atoms with Gasteiger partial charge >= 0.3 is 0 Å². The van der Waals surface area contributed by atoms with Gasteiger partial charge in [0.15, 0.2) is 0 Å². The molecule has 0 fully saturated rings. The summed E-state index contributed by atoms with van der Waals surface area (Å²) < 4.78 is 0.683. The second kappa shape index (κ2) is 8.84. The van der Waals surface area contributed by atoms with Crippen molar-refractivity contribution in [1.82, 2.24) is 5.43 Å². The SMILES string of the molecule is O=C(N/N=C\c1cc(Cc2ccccc2Cl)ccc1O)c1ccccc1Br. The first kappa shape index (κ1) is 19.1. The van der Waals surface area contributed by atoms with Gasteiger partial charge in [-0.1, -0.05) is 48.0 Å². The van der Waals surface area contributed by atoms with Crippen LogP contribution >= 0.6 is 27.5 Å². The van der Waals surface area contributed by atoms with E-state index in [1.807, 2.05) is 42.5 Å². The lowest BCUT2D eigenvalue weighted by molar-refractivity contribution is 0.0954. The number of benzene rings is 3. The summed E-state index contributed by atoms with van der Waals surface area (Å²) in [6.45, 7) is 0. The molecule has 0 saturated heterocycles. The minimum atomic E-state index is -0.342. The summed E-state index contributed by atoms with van der Waals surface area (Å²) in [6, 6.07) is 19.9. The summed E-state index contributed by atoms with van der Waals surface area (Å²) in [6.07, 6.45) is 2.05. The number of amides is 1. The number of nitrogens with zero attached hydrogens (tertiary/aromatic N) is 1. The van der Waals surface area contributed by atoms with Gasteiger partial charge < -0.3 is 5.11 Å². The Labute approximate surface area is 170 Å². The van der Waals surface area contributed by atoms with Gasteiger partial charge in [-0.3, -0.25) is 4.79 Å². The highest BCUT2D eigenvalue weighted by Gasteiger charge is 2.08. The van der Waals surface area contributed by atoms with E-state index in [1.165, 1.54) is 6.21 Å². The lowest BCUT2D eigenvalue weighted by Crippen LogP contribution is -2.18. The summed E-state index contributed by atoms with van der Waals surface area (Å²) in [5, 5.41) is 14.7. The van der Waals surface area contributed by atoms with Gasteiger partial charge in [-0.25, -0.2) is 5.43 Å². The molecule has 0 atom stereocenters. The summed E-state index contributed by atoms with van der Waals surface area (Å²) >= 11 is 9.54. The molecule has 0 bridgehead atoms. The highest BCUT2D eigenvalue weighted by Crippen LogP contribution is 2.22. The fraction of sp³-hybridized carbons (Fsp3) is 0.0476. The predicted molar refractivity (Wildman–Crippen MR) is 112 cm³/mol. The molecule has 6 heteroatoms. The Morgan fingerprint density at radius 3 is 2.63 bits per heavy atom. The van der Waals surface area contributed by atoms with Crippen molar-refractivity contribution in [2.75, 3.05) is 0 Å². The Bertz CT molecular complexity index is 1000. The van der Waals surface area contributed by atoms with E-state index >= 15 is 0 Å². The number of aromatic hydroxyl groups is 1. The second-order valence-corrected chi connectivity index (χ2v) is 7.10. The number of nitrogens with one attached hydrogen (secondary N) is 1. The van der Waals surface area contributed by atoms with Crippen molar-refractivity contribution >= 4 is 39.7 Å². The third kappa shape index (κ3) is 4.96. The minimum Gasteiger partial charge on any atom is -0.507 e. The summed E-state index contributed by atoms with van der Waals surface area (Å²) in [7, 11) is 0. The van der Waals surface area contributed by atoms with E-state index in [2.05, 4.69) is 26.5 Å². The van der Waals surface area contributed by atoms with Crippen LogP contribution in [0.5, 0.6) is 5.75 Å². The van der Waals surface area contributed by atoms with Crippen molar-refractivity contribution in [3.05, 3.63) is 98.5 Å². The van der Waals surface area contributed by atoms with E-state index in [0.717, 1.165) is 11.1 Å². The van der Waals surface area contributed by atoms with Crippen molar-refractivity contribution in [2.45, 2.75) is 6.42 Å². The quantitative estimate of drug-likeness (QED) is 0.422. The Hall–Kier alpha value is -2.63. The lowest BCUT2D eigenvalue weighted by Gasteiger charge is -2.07. The van der Waals surface area contributed by atoms with E-state index in [0.29, 0.717) is 27.0 Å². The molecule has 0 heterocycles. The molecule has 1 amide bonds. The van der Waals surface area contributed by atoms with E-state index in [9.17, 15) is 9.90 Å². The largest absolute Gasteiger partial charge is 0.507 e. The molecule has 2 N–H and O–H groups in total. The van der Waals surface area contributed by atoms with Crippen LogP contribution in [0.4, 0.5) is 0 Å². The number of phenolic OH excluding ortho intramolecular Hbond substituents is 1. The number of carbonyl (C=O) groups excluding carboxylic acids is 1. The number of rotatable bonds is 5. The Balaban J connectivity index is 1.73. The van der Waals surface area contributed by atoms with Gasteiger partial charge in [-0.2, -0.15) is 5.10 Å². The van der Waals surface area contributed by atoms with Crippen molar-refractivity contribution in [3.8, 4) is 5.75 Å². The molecule has 27 heavy (non-hydrogen) atoms. The zero-order valence-electron chi connectivity index (χ0n) is 14.2. The molecule has 0 radical (unpaired) electrons. The predicted octanol–water partition coefficient (Wildman–Crippen LogP) is 5.16. The molecular weight excluding hydrogens is 428 g/mol. The third-order valence-corrected chi connectivity index (χ3v) is 4.99. The molecule has 3 aromatic rings. The summed E-state index contributed by atoms with van der Waals surface area (Å²) in [5.41, 5.74) is 5.41. The maximum absolute atomic E-state index is 12.2. The van der Waals surface area contributed by atoms with Crippen LogP contribution in [0.15, 0.2) is 76.3 Å². The average molecular weight is 444 g/mol. The van der Waals surface area contributed by atoms with Gasteiger partial charge in [0.1, 0.15) is 5.75 Å². The van der Waals surface area contributed by atoms with Crippen LogP contribution in [-0.2, 0) is 6.42 Å². The van der Waals surface area contributed by atoms with Gasteiger partial charge in [0.05, 0.1) is 11.8 Å². The highest BCUT2D eigenvalue weighted by atomic mass is 79.9. The molecule has 4 nitrogen and oxygen atoms in total. The molecule has 0 aliphatic heterocycles. The Morgan fingerprint density at radius 2 is 1.85 bits per heavy atom. The van der Waals surface area contributed by atoms with Crippen LogP contribution < -0.4 is 5.43 Å². The summed E-state index contributed by atoms with van der Waals surface area (Å²) in [5.74, 6) is -0.262. The number of hydrogen-bond donors (Lipinski definition) is 2. The number of hydrogen-bond acceptors (Lipinski definition) is 3. The maximum atomic E-state index is 12.2. The summed E-state index contributed by atoms with van der Waals surface area (Å²) in [4.78, 5) is 12.2. The van der Waals surface area contributed by atoms with Crippen LogP contribution in [0.25, 0.3) is 0 Å². The number of halogens is 2. The van der Waals surface area contributed by atoms with E-state index in [1.54, 1.807) is 24.3 Å². The van der Waals surface area contributed by atoms with Crippen LogP contribution in [0.3, 0.4) is 0 Å². The zero-order chi connectivity index (χ0) is 19.2. The van der Waals surface area contributed by atoms with Gasteiger partial charge in [0.25, 0.3) is 5.91 Å². The van der Waals surface area contributed by atoms with Crippen molar-refractivity contribution in [2.24, 2.45) is 5.10 Å². The van der Waals surface area contributed by atoms with E-state index in [4.69, 9.17) is 11.6 Å². The normalized spacial score (nSPS) is 10.9. The molecular formula is C21H16BrClN2O2. The molecule has 0 aromatic heterocycles. The number of hydrazone groups is 1. The van der Waals surface area contributed by atoms with Crippen molar-refractivity contribution in [1.29, 1.82) is 0 Å². The minimum absolute atomic E-state index is 0.0804. The fourth-order valence-electron chi connectivity index (χ4n) is 2.55. The molecule has 136 valence electrons. The first-order valence-electron chi connectivity index (χ1n) is 8.18. The van der Waals surface area contributed by atoms with E-state index in [-0.39, 0.29) is 11.7 Å². The highest BCUT2D eigenvalue weighted by molar-refractivity contribution is 9.10. The molecule has 0 unspecified atom stereocenters. The van der Waals surface area contributed by atoms with Crippen LogP contribution in [0, 0.1) is 0 Å². The van der Waals surface area contributed by atoms with Crippen LogP contribution in [0.2, 0.25) is 5.02 Å². The van der Waals surface area contributed by atoms with Crippen molar-refractivity contribution < 1.29 is 9.90 Å². The first-order valence-corrected chi connectivity index (χ1v) is 9.35. The van der Waals surface area contributed by atoms with Gasteiger partial charge in [0, 0.05) is 15.1 Å². The molecule has 0 saturated carbocycles. The maximum Gasteiger partial charge on any atom is 0.272 e. The monoisotopic (exact) mass is 442 g/mol. The second-order valence-electron chi connectivity index (χ2n) is 5.84. The van der Waals surface area contributed by atoms with Gasteiger partial charge in [0.2, 0.25) is 0 Å². The molecule has 0 spiro atoms. The molecule has 3 aromatic carbocycles. The lowest BCUT2D eigenvalue weighted by atomic mass is 10.0. The van der Waals surface area contributed by atoms with E-state index < -0.39 is 0 Å². The third-order valence-electron chi connectivity index (χ3n) is 3.93. The number of phenols is 1. The molecule has 0 aliphatic rings. The van der Waals surface area contributed by atoms with Gasteiger partial charge in [-0.15, -0.1) is 0 Å². The Kier molecular flexibility index (Phi) is 6.27. The van der Waals surface area contributed by atoms with Gasteiger partial charge in [-0.05, 0) is 63.8 Å². The first-order chi connectivity index (χ1) is 13.0. The molecule has 0 aliphatic carbocycles. The van der Waals surface area contributed by atoms with Crippen molar-refractivity contribution in [3.63, 3.8) is 0 Å². The smallest absolute Gasteiger partial charge is 0.272 e. The fourth-order valence-corrected chi connectivity index (χ4v) is 3.21. The zero-order valence-corrected chi connectivity index (χ0v) is 16.5. The standard InChI is InChI=1S/C21H16BrClN2O2/c22-18-7-3-2-6-17(18)21(27)25-24-13-16-12-14(9-10-20(16)26)11-15-5-1-4-8-19(15)23/h1-10,12-13,26H,11H2,(H,25,27)/b24-13-. The number of carbonyl (C=O) groups is 1.